The van der Waals surface area contributed by atoms with Crippen LogP contribution in [0.2, 0.25) is 0 Å². The molecule has 0 saturated carbocycles. The second-order valence-electron chi connectivity index (χ2n) is 8.01. The first-order valence-electron chi connectivity index (χ1n) is 11.0. The van der Waals surface area contributed by atoms with Crippen LogP contribution in [-0.4, -0.2) is 46.6 Å². The number of carbonyl (C=O) groups excluding carboxylic acids is 2. The average Bonchev–Trinajstić information content (AvgIpc) is 2.81. The highest BCUT2D eigenvalue weighted by Gasteiger charge is 2.32. The number of rotatable bonds is 9. The van der Waals surface area contributed by atoms with Crippen molar-refractivity contribution in [3.63, 3.8) is 0 Å². The van der Waals surface area contributed by atoms with Crippen LogP contribution in [-0.2, 0) is 26.0 Å². The molecule has 2 aromatic carbocycles. The quantitative estimate of drug-likeness (QED) is 0.560. The zero-order chi connectivity index (χ0) is 24.0. The highest BCUT2D eigenvalue weighted by atomic mass is 32.2. The van der Waals surface area contributed by atoms with Gasteiger partial charge in [0, 0.05) is 12.6 Å². The molecule has 1 heterocycles. The van der Waals surface area contributed by atoms with Gasteiger partial charge in [-0.25, -0.2) is 13.2 Å². The average molecular weight is 475 g/mol. The molecule has 0 spiro atoms. The zero-order valence-electron chi connectivity index (χ0n) is 19.2. The third-order valence-electron chi connectivity index (χ3n) is 5.50. The smallest absolute Gasteiger partial charge is 0.338 e. The van der Waals surface area contributed by atoms with E-state index in [1.54, 1.807) is 12.1 Å². The Balaban J connectivity index is 1.83. The highest BCUT2D eigenvalue weighted by molar-refractivity contribution is 7.93. The predicted molar refractivity (Wildman–Crippen MR) is 125 cm³/mol. The van der Waals surface area contributed by atoms with Gasteiger partial charge in [0.05, 0.1) is 18.4 Å². The summed E-state index contributed by atoms with van der Waals surface area (Å²) in [5.41, 5.74) is 1.59. The molecule has 0 aromatic heterocycles. The van der Waals surface area contributed by atoms with Crippen LogP contribution in [0.15, 0.2) is 47.4 Å². The summed E-state index contributed by atoms with van der Waals surface area (Å²) in [4.78, 5) is 24.4. The second kappa shape index (κ2) is 10.7. The Kier molecular flexibility index (Phi) is 7.97. The highest BCUT2D eigenvalue weighted by Crippen LogP contribution is 2.35. The molecule has 0 bridgehead atoms. The molecular formula is C24H30N2O6S. The maximum atomic E-state index is 13.6. The molecule has 1 N–H and O–H groups in total. The fourth-order valence-corrected chi connectivity index (χ4v) is 5.63. The van der Waals surface area contributed by atoms with E-state index in [2.05, 4.69) is 5.32 Å². The first-order valence-corrected chi connectivity index (χ1v) is 12.5. The lowest BCUT2D eigenvalue weighted by Crippen LogP contribution is -2.36. The van der Waals surface area contributed by atoms with Crippen molar-refractivity contribution < 1.29 is 27.5 Å². The van der Waals surface area contributed by atoms with Crippen LogP contribution < -0.4 is 14.4 Å². The van der Waals surface area contributed by atoms with Gasteiger partial charge in [-0.2, -0.15) is 0 Å². The standard InChI is InChI=1S/C24H30N2O6S/c1-4-8-17(2)25-23(27)16-32-24(28)19-12-13-21(31-3)22(15-19)33(29,30)26-14-7-10-18-9-5-6-11-20(18)26/h5-6,9,11-13,15,17H,4,7-8,10,14,16H2,1-3H3,(H,25,27)/t17-/m0/s1. The van der Waals surface area contributed by atoms with Crippen LogP contribution in [0.25, 0.3) is 0 Å². The minimum absolute atomic E-state index is 0.0219. The van der Waals surface area contributed by atoms with E-state index in [0.717, 1.165) is 24.8 Å². The first kappa shape index (κ1) is 24.6. The molecule has 2 aromatic rings. The Hall–Kier alpha value is -3.07. The molecule has 178 valence electrons. The van der Waals surface area contributed by atoms with E-state index in [0.29, 0.717) is 18.7 Å². The summed E-state index contributed by atoms with van der Waals surface area (Å²) >= 11 is 0. The summed E-state index contributed by atoms with van der Waals surface area (Å²) < 4.78 is 38.9. The number of esters is 1. The molecule has 33 heavy (non-hydrogen) atoms. The molecule has 0 radical (unpaired) electrons. The lowest BCUT2D eigenvalue weighted by molar-refractivity contribution is -0.124. The Morgan fingerprint density at radius 1 is 1.18 bits per heavy atom. The van der Waals surface area contributed by atoms with Crippen molar-refractivity contribution in [2.24, 2.45) is 0 Å². The van der Waals surface area contributed by atoms with Gasteiger partial charge in [-0.15, -0.1) is 0 Å². The van der Waals surface area contributed by atoms with Crippen LogP contribution in [0, 0.1) is 0 Å². The lowest BCUT2D eigenvalue weighted by atomic mass is 10.0. The fraction of sp³-hybridized carbons (Fsp3) is 0.417. The predicted octanol–water partition coefficient (Wildman–Crippen LogP) is 3.30. The zero-order valence-corrected chi connectivity index (χ0v) is 20.0. The number of aryl methyl sites for hydroxylation is 1. The third kappa shape index (κ3) is 5.65. The molecule has 8 nitrogen and oxygen atoms in total. The molecule has 1 amide bonds. The van der Waals surface area contributed by atoms with Crippen molar-refractivity contribution >= 4 is 27.6 Å². The van der Waals surface area contributed by atoms with Gasteiger partial charge in [-0.05, 0) is 56.0 Å². The van der Waals surface area contributed by atoms with E-state index < -0.39 is 28.5 Å². The van der Waals surface area contributed by atoms with Crippen LogP contribution in [0.3, 0.4) is 0 Å². The number of carbonyl (C=O) groups is 2. The van der Waals surface area contributed by atoms with Crippen molar-refractivity contribution in [2.75, 3.05) is 24.6 Å². The molecule has 0 aliphatic carbocycles. The summed E-state index contributed by atoms with van der Waals surface area (Å²) in [5.74, 6) is -1.07. The number of hydrogen-bond donors (Lipinski definition) is 1. The van der Waals surface area contributed by atoms with E-state index in [4.69, 9.17) is 9.47 Å². The minimum Gasteiger partial charge on any atom is -0.495 e. The van der Waals surface area contributed by atoms with Gasteiger partial charge in [-0.1, -0.05) is 31.5 Å². The Morgan fingerprint density at radius 2 is 1.94 bits per heavy atom. The number of ether oxygens (including phenoxy) is 2. The van der Waals surface area contributed by atoms with Gasteiger partial charge < -0.3 is 14.8 Å². The molecule has 0 fully saturated rings. The number of nitrogens with one attached hydrogen (secondary N) is 1. The molecule has 1 aliphatic rings. The van der Waals surface area contributed by atoms with Crippen LogP contribution in [0.4, 0.5) is 5.69 Å². The van der Waals surface area contributed by atoms with Crippen molar-refractivity contribution in [2.45, 2.75) is 50.5 Å². The summed E-state index contributed by atoms with van der Waals surface area (Å²) in [6.07, 6.45) is 3.22. The minimum atomic E-state index is -4.01. The van der Waals surface area contributed by atoms with E-state index in [-0.39, 0.29) is 22.3 Å². The van der Waals surface area contributed by atoms with Gasteiger partial charge >= 0.3 is 5.97 Å². The van der Waals surface area contributed by atoms with Crippen LogP contribution in [0.5, 0.6) is 5.75 Å². The number of hydrogen-bond acceptors (Lipinski definition) is 6. The maximum absolute atomic E-state index is 13.6. The molecular weight excluding hydrogens is 444 g/mol. The second-order valence-corrected chi connectivity index (χ2v) is 9.84. The number of fused-ring (bicyclic) bond motifs is 1. The van der Waals surface area contributed by atoms with Crippen molar-refractivity contribution in [3.8, 4) is 5.75 Å². The number of anilines is 1. The lowest BCUT2D eigenvalue weighted by Gasteiger charge is -2.30. The molecule has 1 aliphatic heterocycles. The van der Waals surface area contributed by atoms with Gasteiger partial charge in [0.15, 0.2) is 6.61 Å². The monoisotopic (exact) mass is 474 g/mol. The Labute approximate surface area is 194 Å². The van der Waals surface area contributed by atoms with Gasteiger partial charge in [0.25, 0.3) is 15.9 Å². The molecule has 9 heteroatoms. The number of sulfonamides is 1. The fourth-order valence-electron chi connectivity index (χ4n) is 3.91. The largest absolute Gasteiger partial charge is 0.495 e. The summed E-state index contributed by atoms with van der Waals surface area (Å²) in [5, 5.41) is 2.76. The van der Waals surface area contributed by atoms with Crippen molar-refractivity contribution in [1.82, 2.24) is 5.32 Å². The van der Waals surface area contributed by atoms with E-state index in [9.17, 15) is 18.0 Å². The van der Waals surface area contributed by atoms with Gasteiger partial charge in [0.1, 0.15) is 10.6 Å². The van der Waals surface area contributed by atoms with E-state index in [1.807, 2.05) is 26.0 Å². The number of methoxy groups -OCH3 is 1. The summed E-state index contributed by atoms with van der Waals surface area (Å²) in [6, 6.07) is 11.4. The van der Waals surface area contributed by atoms with E-state index >= 15 is 0 Å². The van der Waals surface area contributed by atoms with Gasteiger partial charge in [0.2, 0.25) is 0 Å². The molecule has 1 atom stereocenters. The van der Waals surface area contributed by atoms with Crippen molar-refractivity contribution in [3.05, 3.63) is 53.6 Å². The molecule has 0 unspecified atom stereocenters. The topological polar surface area (TPSA) is 102 Å². The number of amides is 1. The Morgan fingerprint density at radius 3 is 2.67 bits per heavy atom. The number of nitrogens with zero attached hydrogens (tertiary/aromatic N) is 1. The normalized spacial score (nSPS) is 14.2. The summed E-state index contributed by atoms with van der Waals surface area (Å²) in [6.45, 7) is 3.77. The molecule has 0 saturated heterocycles. The molecule has 3 rings (SSSR count). The third-order valence-corrected chi connectivity index (χ3v) is 7.33. The van der Waals surface area contributed by atoms with E-state index in [1.165, 1.54) is 29.6 Å². The van der Waals surface area contributed by atoms with Crippen LogP contribution >= 0.6 is 0 Å². The van der Waals surface area contributed by atoms with Crippen molar-refractivity contribution in [1.29, 1.82) is 0 Å². The number of para-hydroxylation sites is 1. The number of benzene rings is 2. The van der Waals surface area contributed by atoms with Gasteiger partial charge in [-0.3, -0.25) is 9.10 Å². The van der Waals surface area contributed by atoms with Crippen LogP contribution in [0.1, 0.15) is 49.0 Å². The first-order chi connectivity index (χ1) is 15.8. The Bertz CT molecular complexity index is 1120. The summed E-state index contributed by atoms with van der Waals surface area (Å²) in [7, 11) is -2.63. The SMILES string of the molecule is CCC[C@H](C)NC(=O)COC(=O)c1ccc(OC)c(S(=O)(=O)N2CCCc3ccccc32)c1. The maximum Gasteiger partial charge on any atom is 0.338 e.